The Kier molecular flexibility index (Phi) is 10.9. The Morgan fingerprint density at radius 2 is 1.79 bits per heavy atom. The van der Waals surface area contributed by atoms with Gasteiger partial charge in [-0.3, -0.25) is 9.69 Å². The fraction of sp³-hybridized carbons (Fsp3) is 0.393. The Bertz CT molecular complexity index is 935. The molecule has 1 fully saturated rings. The van der Waals surface area contributed by atoms with Crippen LogP contribution in [0.5, 0.6) is 0 Å². The molecule has 178 valence electrons. The van der Waals surface area contributed by atoms with E-state index in [2.05, 4.69) is 77.2 Å². The summed E-state index contributed by atoms with van der Waals surface area (Å²) in [7, 11) is 4.36. The lowest BCUT2D eigenvalue weighted by Gasteiger charge is -2.46. The second-order valence-electron chi connectivity index (χ2n) is 9.02. The van der Waals surface area contributed by atoms with Gasteiger partial charge in [0.05, 0.1) is 0 Å². The van der Waals surface area contributed by atoms with Crippen molar-refractivity contribution in [3.63, 3.8) is 0 Å². The predicted molar refractivity (Wildman–Crippen MR) is 146 cm³/mol. The minimum atomic E-state index is -0.0929. The number of hydrogen-bond acceptors (Lipinski definition) is 2. The summed E-state index contributed by atoms with van der Waals surface area (Å²) < 4.78 is 0.998. The van der Waals surface area contributed by atoms with E-state index in [1.54, 1.807) is 6.08 Å². The van der Waals surface area contributed by atoms with Gasteiger partial charge in [0.1, 0.15) is 0 Å². The van der Waals surface area contributed by atoms with Gasteiger partial charge in [-0.25, -0.2) is 0 Å². The molecular weight excluding hydrogens is 496 g/mol. The van der Waals surface area contributed by atoms with Crippen LogP contribution in [0.25, 0.3) is 6.08 Å². The van der Waals surface area contributed by atoms with Crippen molar-refractivity contribution in [3.8, 4) is 0 Å². The van der Waals surface area contributed by atoms with E-state index in [4.69, 9.17) is 0 Å². The monoisotopic (exact) mass is 530 g/mol. The highest BCUT2D eigenvalue weighted by molar-refractivity contribution is 9.10. The van der Waals surface area contributed by atoms with Crippen molar-refractivity contribution < 1.29 is 4.79 Å². The van der Waals surface area contributed by atoms with E-state index >= 15 is 0 Å². The molecule has 1 amide bonds. The summed E-state index contributed by atoms with van der Waals surface area (Å²) in [5.74, 6) is 0.560. The van der Waals surface area contributed by atoms with Gasteiger partial charge in [-0.2, -0.15) is 0 Å². The Morgan fingerprint density at radius 3 is 2.39 bits per heavy atom. The largest absolute Gasteiger partial charge is 0.348 e. The molecular formula is C28H36BrClN2O. The first-order chi connectivity index (χ1) is 15.4. The molecule has 0 radical (unpaired) electrons. The van der Waals surface area contributed by atoms with E-state index in [1.807, 2.05) is 30.3 Å². The third-order valence-electron chi connectivity index (χ3n) is 6.75. The van der Waals surface area contributed by atoms with Crippen LogP contribution in [-0.4, -0.2) is 30.4 Å². The quantitative estimate of drug-likeness (QED) is 0.285. The van der Waals surface area contributed by atoms with Gasteiger partial charge in [0.25, 0.3) is 0 Å². The number of nitrogens with one attached hydrogen (secondary N) is 1. The average Bonchev–Trinajstić information content (AvgIpc) is 2.81. The molecule has 0 aromatic heterocycles. The Hall–Kier alpha value is -1.88. The van der Waals surface area contributed by atoms with Gasteiger partial charge < -0.3 is 5.32 Å². The van der Waals surface area contributed by atoms with E-state index in [0.717, 1.165) is 22.0 Å². The molecule has 0 spiro atoms. The van der Waals surface area contributed by atoms with E-state index in [1.165, 1.54) is 37.7 Å². The number of likely N-dealkylation sites (N-methyl/N-ethyl adjacent to an activating group) is 1. The number of benzene rings is 2. The number of carbonyl (C=O) groups excluding carboxylic acids is 1. The topological polar surface area (TPSA) is 32.3 Å². The van der Waals surface area contributed by atoms with Crippen LogP contribution < -0.4 is 5.32 Å². The molecule has 1 unspecified atom stereocenters. The summed E-state index contributed by atoms with van der Waals surface area (Å²) >= 11 is 3.45. The number of halogens is 2. The van der Waals surface area contributed by atoms with Crippen LogP contribution in [0.3, 0.4) is 0 Å². The van der Waals surface area contributed by atoms with Crippen molar-refractivity contribution in [3.05, 3.63) is 88.4 Å². The Morgan fingerprint density at radius 1 is 1.12 bits per heavy atom. The van der Waals surface area contributed by atoms with Crippen molar-refractivity contribution in [1.82, 2.24) is 10.2 Å². The second-order valence-corrected chi connectivity index (χ2v) is 9.94. The highest BCUT2D eigenvalue weighted by atomic mass is 79.9. The summed E-state index contributed by atoms with van der Waals surface area (Å²) in [5, 5.41) is 2.97. The highest BCUT2D eigenvalue weighted by Crippen LogP contribution is 2.38. The lowest BCUT2D eigenvalue weighted by Crippen LogP contribution is -2.51. The maximum Gasteiger partial charge on any atom is 0.244 e. The standard InChI is InChI=1S/C28H35BrN2O.ClH/c1-4-28(31(2)3,25-10-6-5-7-11-25)20-23-13-15-24(16-14-23)21-30-27(32)18-17-22-9-8-12-26(29)19-22;/h4,8-9,12-19,25H,1,5-7,10-11,20-21H2,2-3H3,(H,30,32);1H. The highest BCUT2D eigenvalue weighted by Gasteiger charge is 2.38. The van der Waals surface area contributed by atoms with Crippen molar-refractivity contribution >= 4 is 40.3 Å². The lowest BCUT2D eigenvalue weighted by atomic mass is 9.71. The number of rotatable bonds is 9. The van der Waals surface area contributed by atoms with Gasteiger partial charge in [-0.05, 0) is 74.2 Å². The van der Waals surface area contributed by atoms with E-state index < -0.39 is 0 Å². The molecule has 0 heterocycles. The molecule has 3 rings (SSSR count). The lowest BCUT2D eigenvalue weighted by molar-refractivity contribution is -0.116. The zero-order valence-corrected chi connectivity index (χ0v) is 22.1. The number of hydrogen-bond donors (Lipinski definition) is 1. The SMILES string of the molecule is C=CC(Cc1ccc(CNC(=O)C=Cc2cccc(Br)c2)cc1)(C1CCCCC1)N(C)C.Cl. The van der Waals surface area contributed by atoms with Crippen LogP contribution in [0.15, 0.2) is 71.7 Å². The van der Waals surface area contributed by atoms with Crippen LogP contribution in [0.2, 0.25) is 0 Å². The van der Waals surface area contributed by atoms with Crippen molar-refractivity contribution in [2.75, 3.05) is 14.1 Å². The van der Waals surface area contributed by atoms with Gasteiger partial charge in [0.15, 0.2) is 0 Å². The first-order valence-electron chi connectivity index (χ1n) is 11.5. The van der Waals surface area contributed by atoms with Crippen molar-refractivity contribution in [2.24, 2.45) is 5.92 Å². The zero-order valence-electron chi connectivity index (χ0n) is 19.7. The molecule has 0 bridgehead atoms. The van der Waals surface area contributed by atoms with Gasteiger partial charge >= 0.3 is 0 Å². The smallest absolute Gasteiger partial charge is 0.244 e. The molecule has 0 aliphatic heterocycles. The first-order valence-corrected chi connectivity index (χ1v) is 12.3. The van der Waals surface area contributed by atoms with E-state index in [-0.39, 0.29) is 23.9 Å². The van der Waals surface area contributed by atoms with Crippen LogP contribution in [0, 0.1) is 5.92 Å². The van der Waals surface area contributed by atoms with Gasteiger partial charge in [0, 0.05) is 22.6 Å². The second kappa shape index (κ2) is 13.1. The summed E-state index contributed by atoms with van der Waals surface area (Å²) in [6.45, 7) is 4.76. The van der Waals surface area contributed by atoms with E-state index in [0.29, 0.717) is 12.5 Å². The number of nitrogens with zero attached hydrogens (tertiary/aromatic N) is 1. The molecule has 2 aromatic rings. The summed E-state index contributed by atoms with van der Waals surface area (Å²) in [6, 6.07) is 16.5. The fourth-order valence-electron chi connectivity index (χ4n) is 4.82. The summed E-state index contributed by atoms with van der Waals surface area (Å²) in [4.78, 5) is 14.6. The minimum absolute atomic E-state index is 0. The molecule has 1 aliphatic carbocycles. The zero-order chi connectivity index (χ0) is 23.0. The van der Waals surface area contributed by atoms with E-state index in [9.17, 15) is 4.79 Å². The molecule has 1 aliphatic rings. The molecule has 0 saturated heterocycles. The average molecular weight is 532 g/mol. The minimum Gasteiger partial charge on any atom is -0.348 e. The third-order valence-corrected chi connectivity index (χ3v) is 7.24. The molecule has 5 heteroatoms. The maximum atomic E-state index is 12.2. The fourth-order valence-corrected chi connectivity index (χ4v) is 5.24. The number of amides is 1. The molecule has 3 nitrogen and oxygen atoms in total. The molecule has 1 atom stereocenters. The first kappa shape index (κ1) is 27.4. The van der Waals surface area contributed by atoms with Crippen LogP contribution in [-0.2, 0) is 17.8 Å². The third kappa shape index (κ3) is 7.56. The van der Waals surface area contributed by atoms with Crippen molar-refractivity contribution in [1.29, 1.82) is 0 Å². The Labute approximate surface area is 213 Å². The van der Waals surface area contributed by atoms with Crippen LogP contribution in [0.1, 0.15) is 48.8 Å². The molecule has 33 heavy (non-hydrogen) atoms. The van der Waals surface area contributed by atoms with Crippen LogP contribution >= 0.6 is 28.3 Å². The van der Waals surface area contributed by atoms with Gasteiger partial charge in [0.2, 0.25) is 5.91 Å². The predicted octanol–water partition coefficient (Wildman–Crippen LogP) is 6.81. The van der Waals surface area contributed by atoms with Crippen LogP contribution in [0.4, 0.5) is 0 Å². The van der Waals surface area contributed by atoms with Gasteiger partial charge in [-0.1, -0.05) is 77.7 Å². The summed E-state index contributed by atoms with van der Waals surface area (Å²) in [6.07, 6.45) is 13.1. The Balaban J connectivity index is 0.00000385. The summed E-state index contributed by atoms with van der Waals surface area (Å²) in [5.41, 5.74) is 3.40. The van der Waals surface area contributed by atoms with Crippen molar-refractivity contribution in [2.45, 2.75) is 50.6 Å². The normalized spacial score (nSPS) is 16.2. The number of carbonyl (C=O) groups is 1. The maximum absolute atomic E-state index is 12.2. The molecule has 2 aromatic carbocycles. The molecule has 1 saturated carbocycles. The molecule has 1 N–H and O–H groups in total. The van der Waals surface area contributed by atoms with Gasteiger partial charge in [-0.15, -0.1) is 19.0 Å².